The molecule has 1 aromatic carbocycles. The van der Waals surface area contributed by atoms with E-state index in [0.717, 1.165) is 25.7 Å². The van der Waals surface area contributed by atoms with Crippen molar-refractivity contribution in [1.29, 1.82) is 0 Å². The largest absolute Gasteiger partial charge is 0.454 e. The SMILES string of the molecule is Cl.N[C@H](c1cc2c(cc1[N+](=O)[O-])OCO2)C1CCCCC1. The Morgan fingerprint density at radius 3 is 2.43 bits per heavy atom. The average Bonchev–Trinajstić information content (AvgIpc) is 2.93. The second kappa shape index (κ2) is 6.49. The molecule has 0 bridgehead atoms. The molecule has 0 unspecified atom stereocenters. The first-order chi connectivity index (χ1) is 9.66. The molecule has 6 nitrogen and oxygen atoms in total. The molecule has 1 aromatic rings. The third-order valence-corrected chi connectivity index (χ3v) is 4.24. The number of halogens is 1. The first-order valence-corrected chi connectivity index (χ1v) is 7.00. The second-order valence-electron chi connectivity index (χ2n) is 5.45. The highest BCUT2D eigenvalue weighted by atomic mass is 35.5. The van der Waals surface area contributed by atoms with Crippen molar-refractivity contribution in [3.8, 4) is 11.5 Å². The van der Waals surface area contributed by atoms with Crippen LogP contribution >= 0.6 is 12.4 Å². The van der Waals surface area contributed by atoms with E-state index in [4.69, 9.17) is 15.2 Å². The van der Waals surface area contributed by atoms with Gasteiger partial charge in [-0.05, 0) is 24.8 Å². The number of hydrogen-bond donors (Lipinski definition) is 1. The van der Waals surface area contributed by atoms with E-state index in [2.05, 4.69) is 0 Å². The van der Waals surface area contributed by atoms with Crippen molar-refractivity contribution < 1.29 is 14.4 Å². The van der Waals surface area contributed by atoms with Crippen LogP contribution in [0.2, 0.25) is 0 Å². The van der Waals surface area contributed by atoms with Crippen LogP contribution in [0.25, 0.3) is 0 Å². The fourth-order valence-corrected chi connectivity index (χ4v) is 3.12. The van der Waals surface area contributed by atoms with Gasteiger partial charge in [0.1, 0.15) is 0 Å². The molecule has 1 atom stereocenters. The summed E-state index contributed by atoms with van der Waals surface area (Å²) in [5.41, 5.74) is 6.90. The molecule has 1 fully saturated rings. The van der Waals surface area contributed by atoms with E-state index in [1.807, 2.05) is 0 Å². The summed E-state index contributed by atoms with van der Waals surface area (Å²) in [5, 5.41) is 11.3. The van der Waals surface area contributed by atoms with E-state index in [1.54, 1.807) is 6.07 Å². The minimum atomic E-state index is -0.389. The van der Waals surface area contributed by atoms with E-state index in [-0.39, 0.29) is 35.9 Å². The first kappa shape index (κ1) is 15.9. The fraction of sp³-hybridized carbons (Fsp3) is 0.571. The number of hydrogen-bond acceptors (Lipinski definition) is 5. The Bertz CT molecular complexity index is 532. The van der Waals surface area contributed by atoms with Crippen molar-refractivity contribution in [2.24, 2.45) is 11.7 Å². The van der Waals surface area contributed by atoms with Crippen LogP contribution in [0.1, 0.15) is 43.7 Å². The number of nitrogens with two attached hydrogens (primary N) is 1. The van der Waals surface area contributed by atoms with Crippen molar-refractivity contribution in [2.75, 3.05) is 6.79 Å². The van der Waals surface area contributed by atoms with Crippen molar-refractivity contribution >= 4 is 18.1 Å². The van der Waals surface area contributed by atoms with Crippen molar-refractivity contribution in [3.63, 3.8) is 0 Å². The Kier molecular flexibility index (Phi) is 4.90. The molecule has 2 aliphatic rings. The first-order valence-electron chi connectivity index (χ1n) is 7.00. The van der Waals surface area contributed by atoms with Crippen LogP contribution in [-0.4, -0.2) is 11.7 Å². The summed E-state index contributed by atoms with van der Waals surface area (Å²) in [6.07, 6.45) is 5.60. The van der Waals surface area contributed by atoms with Gasteiger partial charge in [0.2, 0.25) is 6.79 Å². The van der Waals surface area contributed by atoms with Crippen LogP contribution in [0, 0.1) is 16.0 Å². The lowest BCUT2D eigenvalue weighted by molar-refractivity contribution is -0.385. The lowest BCUT2D eigenvalue weighted by Crippen LogP contribution is -2.24. The maximum atomic E-state index is 11.3. The van der Waals surface area contributed by atoms with Gasteiger partial charge in [-0.25, -0.2) is 0 Å². The molecule has 1 heterocycles. The Morgan fingerprint density at radius 2 is 1.81 bits per heavy atom. The molecule has 0 radical (unpaired) electrons. The number of benzene rings is 1. The number of nitro groups is 1. The summed E-state index contributed by atoms with van der Waals surface area (Å²) < 4.78 is 10.5. The molecule has 7 heteroatoms. The quantitative estimate of drug-likeness (QED) is 0.683. The molecular weight excluding hydrogens is 296 g/mol. The lowest BCUT2D eigenvalue weighted by atomic mass is 9.81. The number of nitro benzene ring substituents is 1. The molecule has 21 heavy (non-hydrogen) atoms. The highest BCUT2D eigenvalue weighted by molar-refractivity contribution is 5.85. The van der Waals surface area contributed by atoms with Crippen LogP contribution in [0.3, 0.4) is 0 Å². The van der Waals surface area contributed by atoms with Gasteiger partial charge in [-0.3, -0.25) is 10.1 Å². The number of ether oxygens (including phenoxy) is 2. The number of nitrogens with zero attached hydrogens (tertiary/aromatic N) is 1. The van der Waals surface area contributed by atoms with Crippen LogP contribution in [0.4, 0.5) is 5.69 Å². The summed E-state index contributed by atoms with van der Waals surface area (Å²) in [4.78, 5) is 10.9. The summed E-state index contributed by atoms with van der Waals surface area (Å²) in [7, 11) is 0. The summed E-state index contributed by atoms with van der Waals surface area (Å²) in [6.45, 7) is 0.106. The van der Waals surface area contributed by atoms with Crippen LogP contribution < -0.4 is 15.2 Å². The van der Waals surface area contributed by atoms with Crippen molar-refractivity contribution in [2.45, 2.75) is 38.1 Å². The van der Waals surface area contributed by atoms with E-state index >= 15 is 0 Å². The fourth-order valence-electron chi connectivity index (χ4n) is 3.12. The molecule has 1 aliphatic carbocycles. The third kappa shape index (κ3) is 3.06. The summed E-state index contributed by atoms with van der Waals surface area (Å²) in [6, 6.07) is 2.80. The van der Waals surface area contributed by atoms with Crippen molar-refractivity contribution in [1.82, 2.24) is 0 Å². The second-order valence-corrected chi connectivity index (χ2v) is 5.45. The molecule has 0 spiro atoms. The molecule has 0 amide bonds. The number of rotatable bonds is 3. The van der Waals surface area contributed by atoms with Gasteiger partial charge in [-0.1, -0.05) is 19.3 Å². The lowest BCUT2D eigenvalue weighted by Gasteiger charge is -2.27. The zero-order chi connectivity index (χ0) is 14.1. The third-order valence-electron chi connectivity index (χ3n) is 4.24. The highest BCUT2D eigenvalue weighted by Crippen LogP contribution is 2.43. The predicted molar refractivity (Wildman–Crippen MR) is 80.0 cm³/mol. The molecule has 0 aromatic heterocycles. The van der Waals surface area contributed by atoms with E-state index in [1.165, 1.54) is 12.5 Å². The Balaban J connectivity index is 0.00000161. The van der Waals surface area contributed by atoms with Crippen LogP contribution in [0.15, 0.2) is 12.1 Å². The van der Waals surface area contributed by atoms with E-state index in [0.29, 0.717) is 23.0 Å². The molecule has 1 saturated carbocycles. The topological polar surface area (TPSA) is 87.6 Å². The zero-order valence-corrected chi connectivity index (χ0v) is 12.4. The monoisotopic (exact) mass is 314 g/mol. The maximum absolute atomic E-state index is 11.3. The zero-order valence-electron chi connectivity index (χ0n) is 11.6. The van der Waals surface area contributed by atoms with E-state index in [9.17, 15) is 10.1 Å². The van der Waals surface area contributed by atoms with Crippen molar-refractivity contribution in [3.05, 3.63) is 27.8 Å². The standard InChI is InChI=1S/C14H18N2O4.ClH/c15-14(9-4-2-1-3-5-9)10-6-12-13(20-8-19-12)7-11(10)16(17)18;/h6-7,9,14H,1-5,8,15H2;1H/t14-;/m0./s1. The predicted octanol–water partition coefficient (Wildman–Crippen LogP) is 3.33. The summed E-state index contributed by atoms with van der Waals surface area (Å²) in [5.74, 6) is 1.29. The van der Waals surface area contributed by atoms with Crippen LogP contribution in [-0.2, 0) is 0 Å². The van der Waals surface area contributed by atoms with Gasteiger partial charge in [0.15, 0.2) is 11.5 Å². The van der Waals surface area contributed by atoms with Gasteiger partial charge in [0.25, 0.3) is 5.69 Å². The molecule has 116 valence electrons. The Morgan fingerprint density at radius 1 is 1.19 bits per heavy atom. The molecule has 1 aliphatic heterocycles. The summed E-state index contributed by atoms with van der Waals surface area (Å²) >= 11 is 0. The van der Waals surface area contributed by atoms with Gasteiger partial charge in [0, 0.05) is 6.04 Å². The molecule has 2 N–H and O–H groups in total. The minimum Gasteiger partial charge on any atom is -0.454 e. The highest BCUT2D eigenvalue weighted by Gasteiger charge is 2.30. The molecular formula is C14H19ClN2O4. The maximum Gasteiger partial charge on any atom is 0.278 e. The average molecular weight is 315 g/mol. The van der Waals surface area contributed by atoms with Crippen LogP contribution in [0.5, 0.6) is 11.5 Å². The van der Waals surface area contributed by atoms with Gasteiger partial charge in [0.05, 0.1) is 16.6 Å². The van der Waals surface area contributed by atoms with Gasteiger partial charge in [-0.2, -0.15) is 0 Å². The van der Waals surface area contributed by atoms with Gasteiger partial charge in [-0.15, -0.1) is 12.4 Å². The van der Waals surface area contributed by atoms with Gasteiger partial charge >= 0.3 is 0 Å². The normalized spacial score (nSPS) is 18.9. The Hall–Kier alpha value is -1.53. The molecule has 3 rings (SSSR count). The minimum absolute atomic E-state index is 0. The van der Waals surface area contributed by atoms with E-state index < -0.39 is 0 Å². The Labute approximate surface area is 129 Å². The smallest absolute Gasteiger partial charge is 0.278 e. The van der Waals surface area contributed by atoms with Gasteiger partial charge < -0.3 is 15.2 Å². The molecule has 0 saturated heterocycles. The number of fused-ring (bicyclic) bond motifs is 1.